The SMILES string of the molecule is CCC1CCC(N(C)CCNC(CC)CC)CC1. The molecule has 0 aromatic carbocycles. The molecule has 0 bridgehead atoms. The fraction of sp³-hybridized carbons (Fsp3) is 1.00. The minimum absolute atomic E-state index is 0.717. The van der Waals surface area contributed by atoms with E-state index in [1.54, 1.807) is 0 Å². The summed E-state index contributed by atoms with van der Waals surface area (Å²) in [6.45, 7) is 9.25. The Bertz CT molecular complexity index is 193. The third kappa shape index (κ3) is 5.27. The number of hydrogen-bond donors (Lipinski definition) is 1. The Labute approximate surface area is 115 Å². The molecule has 1 rings (SSSR count). The second-order valence-electron chi connectivity index (χ2n) is 6.03. The highest BCUT2D eigenvalue weighted by atomic mass is 15.1. The van der Waals surface area contributed by atoms with Crippen molar-refractivity contribution in [3.63, 3.8) is 0 Å². The second kappa shape index (κ2) is 8.92. The zero-order valence-corrected chi connectivity index (χ0v) is 13.0. The first kappa shape index (κ1) is 16.0. The van der Waals surface area contributed by atoms with Crippen molar-refractivity contribution in [1.29, 1.82) is 0 Å². The van der Waals surface area contributed by atoms with Crippen LogP contribution in [-0.2, 0) is 0 Å². The van der Waals surface area contributed by atoms with Gasteiger partial charge in [-0.1, -0.05) is 27.2 Å². The van der Waals surface area contributed by atoms with Crippen LogP contribution in [0.15, 0.2) is 0 Å². The zero-order valence-electron chi connectivity index (χ0n) is 13.0. The largest absolute Gasteiger partial charge is 0.313 e. The monoisotopic (exact) mass is 254 g/mol. The van der Waals surface area contributed by atoms with Crippen molar-refractivity contribution < 1.29 is 0 Å². The van der Waals surface area contributed by atoms with Gasteiger partial charge in [-0.15, -0.1) is 0 Å². The zero-order chi connectivity index (χ0) is 13.4. The molecule has 1 aliphatic carbocycles. The molecule has 0 aromatic heterocycles. The first-order chi connectivity index (χ1) is 8.71. The number of likely N-dealkylation sites (N-methyl/N-ethyl adjacent to an activating group) is 1. The van der Waals surface area contributed by atoms with Crippen molar-refractivity contribution >= 4 is 0 Å². The van der Waals surface area contributed by atoms with Crippen molar-refractivity contribution in [2.24, 2.45) is 5.92 Å². The van der Waals surface area contributed by atoms with Gasteiger partial charge >= 0.3 is 0 Å². The summed E-state index contributed by atoms with van der Waals surface area (Å²) in [5, 5.41) is 3.67. The highest BCUT2D eigenvalue weighted by molar-refractivity contribution is 4.78. The molecule has 0 spiro atoms. The summed E-state index contributed by atoms with van der Waals surface area (Å²) in [4.78, 5) is 2.58. The van der Waals surface area contributed by atoms with E-state index in [0.717, 1.165) is 18.5 Å². The molecule has 2 nitrogen and oxygen atoms in total. The van der Waals surface area contributed by atoms with Crippen LogP contribution in [-0.4, -0.2) is 37.1 Å². The first-order valence-electron chi connectivity index (χ1n) is 8.14. The summed E-state index contributed by atoms with van der Waals surface area (Å²) >= 11 is 0. The maximum atomic E-state index is 3.67. The Morgan fingerprint density at radius 3 is 2.17 bits per heavy atom. The quantitative estimate of drug-likeness (QED) is 0.711. The predicted octanol–water partition coefficient (Wildman–Crippen LogP) is 3.67. The minimum Gasteiger partial charge on any atom is -0.313 e. The summed E-state index contributed by atoms with van der Waals surface area (Å²) in [6, 6.07) is 1.56. The van der Waals surface area contributed by atoms with E-state index in [2.05, 4.69) is 38.0 Å². The Morgan fingerprint density at radius 1 is 1.06 bits per heavy atom. The molecule has 0 heterocycles. The normalized spacial score (nSPS) is 25.0. The lowest BCUT2D eigenvalue weighted by atomic mass is 9.84. The van der Waals surface area contributed by atoms with Gasteiger partial charge in [0.05, 0.1) is 0 Å². The van der Waals surface area contributed by atoms with E-state index in [1.165, 1.54) is 51.5 Å². The molecule has 1 N–H and O–H groups in total. The number of nitrogens with zero attached hydrogens (tertiary/aromatic N) is 1. The van der Waals surface area contributed by atoms with Gasteiger partial charge in [0, 0.05) is 25.2 Å². The maximum Gasteiger partial charge on any atom is 0.0107 e. The molecule has 1 aliphatic rings. The summed E-state index contributed by atoms with van der Waals surface area (Å²) in [5.74, 6) is 1.01. The summed E-state index contributed by atoms with van der Waals surface area (Å²) in [5.41, 5.74) is 0. The van der Waals surface area contributed by atoms with Crippen molar-refractivity contribution in [3.05, 3.63) is 0 Å². The van der Waals surface area contributed by atoms with Gasteiger partial charge in [0.15, 0.2) is 0 Å². The van der Waals surface area contributed by atoms with E-state index in [1.807, 2.05) is 0 Å². The maximum absolute atomic E-state index is 3.67. The van der Waals surface area contributed by atoms with Gasteiger partial charge < -0.3 is 10.2 Å². The third-order valence-corrected chi connectivity index (χ3v) is 4.90. The van der Waals surface area contributed by atoms with Crippen LogP contribution in [0.5, 0.6) is 0 Å². The Kier molecular flexibility index (Phi) is 7.92. The van der Waals surface area contributed by atoms with Gasteiger partial charge in [-0.3, -0.25) is 0 Å². The van der Waals surface area contributed by atoms with Gasteiger partial charge in [-0.2, -0.15) is 0 Å². The van der Waals surface area contributed by atoms with Crippen LogP contribution in [0.4, 0.5) is 0 Å². The van der Waals surface area contributed by atoms with Crippen LogP contribution in [0.2, 0.25) is 0 Å². The fourth-order valence-electron chi connectivity index (χ4n) is 3.20. The molecule has 0 amide bonds. The molecule has 0 aromatic rings. The molecule has 0 unspecified atom stereocenters. The van der Waals surface area contributed by atoms with E-state index in [9.17, 15) is 0 Å². The molecule has 0 aliphatic heterocycles. The Hall–Kier alpha value is -0.0800. The van der Waals surface area contributed by atoms with Gasteiger partial charge in [0.25, 0.3) is 0 Å². The van der Waals surface area contributed by atoms with Crippen LogP contribution >= 0.6 is 0 Å². The molecule has 0 radical (unpaired) electrons. The average Bonchev–Trinajstić information content (AvgIpc) is 2.43. The minimum atomic E-state index is 0.717. The molecule has 1 saturated carbocycles. The standard InChI is InChI=1S/C16H34N2/c1-5-14-8-10-16(11-9-14)18(4)13-12-17-15(6-2)7-3/h14-17H,5-13H2,1-4H3. The van der Waals surface area contributed by atoms with Crippen LogP contribution in [0.1, 0.15) is 65.7 Å². The van der Waals surface area contributed by atoms with Crippen LogP contribution in [0.3, 0.4) is 0 Å². The highest BCUT2D eigenvalue weighted by Gasteiger charge is 2.22. The van der Waals surface area contributed by atoms with Crippen molar-refractivity contribution in [3.8, 4) is 0 Å². The van der Waals surface area contributed by atoms with Gasteiger partial charge in [-0.25, -0.2) is 0 Å². The molecule has 1 fully saturated rings. The summed E-state index contributed by atoms with van der Waals surface area (Å²) < 4.78 is 0. The first-order valence-corrected chi connectivity index (χ1v) is 8.14. The summed E-state index contributed by atoms with van der Waals surface area (Å²) in [7, 11) is 2.31. The number of nitrogens with one attached hydrogen (secondary N) is 1. The molecule has 2 heteroatoms. The predicted molar refractivity (Wildman–Crippen MR) is 81.0 cm³/mol. The topological polar surface area (TPSA) is 15.3 Å². The van der Waals surface area contributed by atoms with Crippen LogP contribution in [0, 0.1) is 5.92 Å². The van der Waals surface area contributed by atoms with E-state index in [-0.39, 0.29) is 0 Å². The van der Waals surface area contributed by atoms with Crippen LogP contribution in [0.25, 0.3) is 0 Å². The van der Waals surface area contributed by atoms with Crippen molar-refractivity contribution in [2.45, 2.75) is 77.8 Å². The molecule has 0 saturated heterocycles. The number of rotatable bonds is 8. The Balaban J connectivity index is 2.15. The Morgan fingerprint density at radius 2 is 1.67 bits per heavy atom. The molecule has 108 valence electrons. The third-order valence-electron chi connectivity index (χ3n) is 4.90. The van der Waals surface area contributed by atoms with Gasteiger partial charge in [0.2, 0.25) is 0 Å². The van der Waals surface area contributed by atoms with Crippen LogP contribution < -0.4 is 5.32 Å². The van der Waals surface area contributed by atoms with E-state index in [4.69, 9.17) is 0 Å². The van der Waals surface area contributed by atoms with Gasteiger partial charge in [0.1, 0.15) is 0 Å². The number of hydrogen-bond acceptors (Lipinski definition) is 2. The average molecular weight is 254 g/mol. The van der Waals surface area contributed by atoms with Gasteiger partial charge in [-0.05, 0) is 51.5 Å². The van der Waals surface area contributed by atoms with E-state index in [0.29, 0.717) is 6.04 Å². The van der Waals surface area contributed by atoms with E-state index < -0.39 is 0 Å². The smallest absolute Gasteiger partial charge is 0.0107 e. The molecule has 0 atom stereocenters. The highest BCUT2D eigenvalue weighted by Crippen LogP contribution is 2.28. The van der Waals surface area contributed by atoms with Crippen molar-refractivity contribution in [2.75, 3.05) is 20.1 Å². The lowest BCUT2D eigenvalue weighted by Gasteiger charge is -2.34. The molecule has 18 heavy (non-hydrogen) atoms. The fourth-order valence-corrected chi connectivity index (χ4v) is 3.20. The molecular weight excluding hydrogens is 220 g/mol. The molecular formula is C16H34N2. The second-order valence-corrected chi connectivity index (χ2v) is 6.03. The lowest BCUT2D eigenvalue weighted by Crippen LogP contribution is -2.41. The van der Waals surface area contributed by atoms with E-state index >= 15 is 0 Å². The lowest BCUT2D eigenvalue weighted by molar-refractivity contribution is 0.163. The van der Waals surface area contributed by atoms with Crippen molar-refractivity contribution in [1.82, 2.24) is 10.2 Å². The summed E-state index contributed by atoms with van der Waals surface area (Å²) in [6.07, 6.45) is 9.62.